The molecule has 1 heterocycles. The van der Waals surface area contributed by atoms with Crippen LogP contribution in [0.1, 0.15) is 29.9 Å². The Labute approximate surface area is 147 Å². The monoisotopic (exact) mass is 335 g/mol. The summed E-state index contributed by atoms with van der Waals surface area (Å²) in [7, 11) is 1.69. The summed E-state index contributed by atoms with van der Waals surface area (Å²) in [4.78, 5) is 14.3. The SMILES string of the molecule is COc1ccccc1C1CCN(C(=O)Nc2ccccc2C#N)CC1. The number of likely N-dealkylation sites (tertiary alicyclic amines) is 1. The molecule has 1 aliphatic heterocycles. The fourth-order valence-corrected chi connectivity index (χ4v) is 3.28. The Balaban J connectivity index is 1.62. The number of ether oxygens (including phenoxy) is 1. The Morgan fingerprint density at radius 3 is 2.56 bits per heavy atom. The maximum Gasteiger partial charge on any atom is 0.321 e. The number of anilines is 1. The highest BCUT2D eigenvalue weighted by atomic mass is 16.5. The minimum atomic E-state index is -0.152. The number of benzene rings is 2. The standard InChI is InChI=1S/C20H21N3O2/c1-25-19-9-5-3-7-17(19)15-10-12-23(13-11-15)20(24)22-18-8-4-2-6-16(18)14-21/h2-9,15H,10-13H2,1H3,(H,22,24). The van der Waals surface area contributed by atoms with Crippen molar-refractivity contribution in [1.82, 2.24) is 4.90 Å². The molecule has 0 spiro atoms. The third-order valence-electron chi connectivity index (χ3n) is 4.65. The molecule has 128 valence electrons. The lowest BCUT2D eigenvalue weighted by Gasteiger charge is -2.32. The molecule has 0 aliphatic carbocycles. The van der Waals surface area contributed by atoms with Crippen molar-refractivity contribution in [3.8, 4) is 11.8 Å². The van der Waals surface area contributed by atoms with E-state index >= 15 is 0 Å². The van der Waals surface area contributed by atoms with Gasteiger partial charge in [0.2, 0.25) is 0 Å². The summed E-state index contributed by atoms with van der Waals surface area (Å²) < 4.78 is 5.45. The molecule has 5 heteroatoms. The van der Waals surface area contributed by atoms with E-state index in [4.69, 9.17) is 10.00 Å². The van der Waals surface area contributed by atoms with Gasteiger partial charge in [-0.15, -0.1) is 0 Å². The zero-order valence-corrected chi connectivity index (χ0v) is 14.2. The number of carbonyl (C=O) groups is 1. The van der Waals surface area contributed by atoms with Crippen LogP contribution in [0, 0.1) is 11.3 Å². The summed E-state index contributed by atoms with van der Waals surface area (Å²) in [6, 6.07) is 17.1. The van der Waals surface area contributed by atoms with E-state index in [0.29, 0.717) is 30.3 Å². The van der Waals surface area contributed by atoms with Gasteiger partial charge >= 0.3 is 6.03 Å². The Hall–Kier alpha value is -3.00. The van der Waals surface area contributed by atoms with E-state index in [-0.39, 0.29) is 6.03 Å². The van der Waals surface area contributed by atoms with Crippen LogP contribution in [0.4, 0.5) is 10.5 Å². The summed E-state index contributed by atoms with van der Waals surface area (Å²) >= 11 is 0. The molecule has 3 rings (SSSR count). The molecule has 2 aromatic rings. The molecule has 2 aromatic carbocycles. The second-order valence-corrected chi connectivity index (χ2v) is 6.09. The van der Waals surface area contributed by atoms with Gasteiger partial charge in [-0.05, 0) is 42.5 Å². The third kappa shape index (κ3) is 3.74. The van der Waals surface area contributed by atoms with Gasteiger partial charge in [0.25, 0.3) is 0 Å². The van der Waals surface area contributed by atoms with Crippen molar-refractivity contribution in [2.45, 2.75) is 18.8 Å². The number of hydrogen-bond acceptors (Lipinski definition) is 3. The van der Waals surface area contributed by atoms with Gasteiger partial charge in [0, 0.05) is 13.1 Å². The molecule has 0 bridgehead atoms. The van der Waals surface area contributed by atoms with Gasteiger partial charge in [-0.3, -0.25) is 0 Å². The number of nitrogens with one attached hydrogen (secondary N) is 1. The van der Waals surface area contributed by atoms with E-state index in [0.717, 1.165) is 18.6 Å². The molecule has 0 radical (unpaired) electrons. The number of urea groups is 1. The van der Waals surface area contributed by atoms with Crippen LogP contribution in [0.5, 0.6) is 5.75 Å². The van der Waals surface area contributed by atoms with Crippen LogP contribution < -0.4 is 10.1 Å². The van der Waals surface area contributed by atoms with Crippen LogP contribution in [0.25, 0.3) is 0 Å². The van der Waals surface area contributed by atoms with Crippen molar-refractivity contribution >= 4 is 11.7 Å². The first kappa shape index (κ1) is 16.8. The molecule has 1 fully saturated rings. The molecular formula is C20H21N3O2. The average Bonchev–Trinajstić information content (AvgIpc) is 2.68. The van der Waals surface area contributed by atoms with Crippen molar-refractivity contribution in [3.05, 3.63) is 59.7 Å². The molecular weight excluding hydrogens is 314 g/mol. The summed E-state index contributed by atoms with van der Waals surface area (Å²) in [5, 5.41) is 12.0. The lowest BCUT2D eigenvalue weighted by Crippen LogP contribution is -2.40. The first-order chi connectivity index (χ1) is 12.2. The van der Waals surface area contributed by atoms with E-state index < -0.39 is 0 Å². The largest absolute Gasteiger partial charge is 0.496 e. The number of nitriles is 1. The summed E-state index contributed by atoms with van der Waals surface area (Å²) in [6.45, 7) is 1.37. The highest BCUT2D eigenvalue weighted by Crippen LogP contribution is 2.34. The number of carbonyl (C=O) groups excluding carboxylic acids is 1. The van der Waals surface area contributed by atoms with Crippen LogP contribution >= 0.6 is 0 Å². The Bertz CT molecular complexity index is 790. The first-order valence-corrected chi connectivity index (χ1v) is 8.41. The van der Waals surface area contributed by atoms with Gasteiger partial charge < -0.3 is 15.0 Å². The molecule has 2 amide bonds. The average molecular weight is 335 g/mol. The molecule has 1 aliphatic rings. The fourth-order valence-electron chi connectivity index (χ4n) is 3.28. The Morgan fingerprint density at radius 1 is 1.16 bits per heavy atom. The summed E-state index contributed by atoms with van der Waals surface area (Å²) in [6.07, 6.45) is 1.79. The number of piperidine rings is 1. The van der Waals surface area contributed by atoms with E-state index in [2.05, 4.69) is 17.5 Å². The summed E-state index contributed by atoms with van der Waals surface area (Å²) in [5.74, 6) is 1.31. The smallest absolute Gasteiger partial charge is 0.321 e. The van der Waals surface area contributed by atoms with Gasteiger partial charge in [0.15, 0.2) is 0 Å². The highest BCUT2D eigenvalue weighted by molar-refractivity contribution is 5.90. The fraction of sp³-hybridized carbons (Fsp3) is 0.300. The van der Waals surface area contributed by atoms with Crippen LogP contribution in [-0.2, 0) is 0 Å². The van der Waals surface area contributed by atoms with Crippen LogP contribution in [0.2, 0.25) is 0 Å². The molecule has 5 nitrogen and oxygen atoms in total. The van der Waals surface area contributed by atoms with Crippen molar-refractivity contribution in [2.75, 3.05) is 25.5 Å². The topological polar surface area (TPSA) is 65.4 Å². The van der Waals surface area contributed by atoms with E-state index in [9.17, 15) is 4.79 Å². The van der Waals surface area contributed by atoms with Crippen molar-refractivity contribution in [2.24, 2.45) is 0 Å². The molecule has 0 unspecified atom stereocenters. The number of para-hydroxylation sites is 2. The third-order valence-corrected chi connectivity index (χ3v) is 4.65. The van der Waals surface area contributed by atoms with Crippen LogP contribution in [0.15, 0.2) is 48.5 Å². The van der Waals surface area contributed by atoms with Crippen molar-refractivity contribution in [1.29, 1.82) is 5.26 Å². The maximum absolute atomic E-state index is 12.5. The maximum atomic E-state index is 12.5. The molecule has 1 N–H and O–H groups in total. The van der Waals surface area contributed by atoms with Gasteiger partial charge in [-0.25, -0.2) is 4.79 Å². The molecule has 25 heavy (non-hydrogen) atoms. The normalized spacial score (nSPS) is 14.6. The highest BCUT2D eigenvalue weighted by Gasteiger charge is 2.25. The van der Waals surface area contributed by atoms with E-state index in [1.807, 2.05) is 24.3 Å². The quantitative estimate of drug-likeness (QED) is 0.923. The lowest BCUT2D eigenvalue weighted by atomic mass is 9.89. The number of amides is 2. The Kier molecular flexibility index (Phi) is 5.20. The van der Waals surface area contributed by atoms with Gasteiger partial charge in [0.1, 0.15) is 11.8 Å². The van der Waals surface area contributed by atoms with Crippen molar-refractivity contribution in [3.63, 3.8) is 0 Å². The minimum Gasteiger partial charge on any atom is -0.496 e. The second kappa shape index (κ2) is 7.71. The van der Waals surface area contributed by atoms with Crippen molar-refractivity contribution < 1.29 is 9.53 Å². The zero-order valence-electron chi connectivity index (χ0n) is 14.2. The predicted molar refractivity (Wildman–Crippen MR) is 96.7 cm³/mol. The van der Waals surface area contributed by atoms with Gasteiger partial charge in [0.05, 0.1) is 18.4 Å². The van der Waals surface area contributed by atoms with E-state index in [1.54, 1.807) is 30.2 Å². The van der Waals surface area contributed by atoms with Gasteiger partial charge in [-0.2, -0.15) is 5.26 Å². The first-order valence-electron chi connectivity index (χ1n) is 8.41. The number of hydrogen-bond donors (Lipinski definition) is 1. The number of rotatable bonds is 3. The van der Waals surface area contributed by atoms with E-state index in [1.165, 1.54) is 5.56 Å². The predicted octanol–water partition coefficient (Wildman–Crippen LogP) is 3.98. The summed E-state index contributed by atoms with van der Waals surface area (Å²) in [5.41, 5.74) is 2.24. The van der Waals surface area contributed by atoms with Crippen LogP contribution in [0.3, 0.4) is 0 Å². The number of nitrogens with zero attached hydrogens (tertiary/aromatic N) is 2. The zero-order chi connectivity index (χ0) is 17.6. The minimum absolute atomic E-state index is 0.152. The number of methoxy groups -OCH3 is 1. The molecule has 1 saturated heterocycles. The molecule has 0 saturated carbocycles. The van der Waals surface area contributed by atoms with Crippen LogP contribution in [-0.4, -0.2) is 31.1 Å². The lowest BCUT2D eigenvalue weighted by molar-refractivity contribution is 0.194. The second-order valence-electron chi connectivity index (χ2n) is 6.09. The van der Waals surface area contributed by atoms with Gasteiger partial charge in [-0.1, -0.05) is 30.3 Å². The Morgan fingerprint density at radius 2 is 1.84 bits per heavy atom. The molecule has 0 aromatic heterocycles. The molecule has 0 atom stereocenters.